The zero-order valence-electron chi connectivity index (χ0n) is 23.6. The van der Waals surface area contributed by atoms with Crippen LogP contribution in [-0.4, -0.2) is 44.6 Å². The molecule has 38 heavy (non-hydrogen) atoms. The molecule has 9 heteroatoms. The molecule has 8 nitrogen and oxygen atoms in total. The van der Waals surface area contributed by atoms with Crippen LogP contribution < -0.4 is 15.8 Å². The van der Waals surface area contributed by atoms with Gasteiger partial charge in [-0.05, 0) is 69.0 Å². The van der Waals surface area contributed by atoms with Crippen molar-refractivity contribution in [3.8, 4) is 5.88 Å². The van der Waals surface area contributed by atoms with Crippen molar-refractivity contribution in [3.63, 3.8) is 0 Å². The van der Waals surface area contributed by atoms with Gasteiger partial charge in [0.15, 0.2) is 0 Å². The van der Waals surface area contributed by atoms with Gasteiger partial charge in [-0.1, -0.05) is 27.7 Å². The van der Waals surface area contributed by atoms with E-state index in [0.717, 1.165) is 29.2 Å². The fraction of sp³-hybridized carbons (Fsp3) is 0.517. The molecule has 4 rings (SSSR count). The average molecular weight is 538 g/mol. The van der Waals surface area contributed by atoms with E-state index in [1.807, 2.05) is 51.7 Å². The van der Waals surface area contributed by atoms with Gasteiger partial charge in [-0.25, -0.2) is 19.7 Å². The van der Waals surface area contributed by atoms with Crippen molar-refractivity contribution in [1.82, 2.24) is 15.0 Å². The molecule has 0 saturated carbocycles. The molecule has 3 aromatic heterocycles. The summed E-state index contributed by atoms with van der Waals surface area (Å²) in [5.74, 6) is 1.42. The summed E-state index contributed by atoms with van der Waals surface area (Å²) in [6, 6.07) is 5.50. The molecule has 1 aliphatic rings. The lowest BCUT2D eigenvalue weighted by molar-refractivity contribution is 0.00864. The Labute approximate surface area is 229 Å². The number of rotatable bonds is 9. The molecule has 204 valence electrons. The zero-order chi connectivity index (χ0) is 27.8. The number of thioether (sulfide) groups is 1. The van der Waals surface area contributed by atoms with Crippen molar-refractivity contribution < 1.29 is 14.3 Å². The molecule has 0 fully saturated rings. The van der Waals surface area contributed by atoms with Crippen LogP contribution in [0.4, 0.5) is 11.6 Å². The van der Waals surface area contributed by atoms with Crippen LogP contribution in [0.15, 0.2) is 30.6 Å². The Kier molecular flexibility index (Phi) is 7.91. The van der Waals surface area contributed by atoms with Crippen LogP contribution in [0.5, 0.6) is 5.88 Å². The van der Waals surface area contributed by atoms with Gasteiger partial charge in [0.2, 0.25) is 5.88 Å². The van der Waals surface area contributed by atoms with Crippen molar-refractivity contribution >= 4 is 40.1 Å². The van der Waals surface area contributed by atoms with Crippen molar-refractivity contribution in [2.24, 2.45) is 5.73 Å². The van der Waals surface area contributed by atoms with Crippen LogP contribution in [-0.2, 0) is 15.7 Å². The highest BCUT2D eigenvalue weighted by atomic mass is 32.2. The van der Waals surface area contributed by atoms with Crippen LogP contribution in [0.3, 0.4) is 0 Å². The number of nitrogens with one attached hydrogen (secondary N) is 1. The van der Waals surface area contributed by atoms with Gasteiger partial charge < -0.3 is 20.5 Å². The highest BCUT2D eigenvalue weighted by Crippen LogP contribution is 2.37. The summed E-state index contributed by atoms with van der Waals surface area (Å²) in [7, 11) is 0. The SMILES string of the molecule is CC[C@@](C)(N)c1cnc(O[C@H](C)CC(C)SC)c2cnc(Nc3ccc4c(n3)C(C)(C)C(C)OC4=O)cc12. The number of cyclic esters (lactones) is 1. The van der Waals surface area contributed by atoms with Gasteiger partial charge in [-0.2, -0.15) is 11.8 Å². The molecular weight excluding hydrogens is 498 g/mol. The van der Waals surface area contributed by atoms with Crippen LogP contribution in [0.25, 0.3) is 10.8 Å². The predicted octanol–water partition coefficient (Wildman–Crippen LogP) is 6.10. The topological polar surface area (TPSA) is 112 Å². The van der Waals surface area contributed by atoms with E-state index in [0.29, 0.717) is 34.0 Å². The van der Waals surface area contributed by atoms with Crippen molar-refractivity contribution in [2.75, 3.05) is 11.6 Å². The van der Waals surface area contributed by atoms with E-state index in [9.17, 15) is 4.79 Å². The molecule has 1 aliphatic heterocycles. The molecule has 0 aromatic carbocycles. The van der Waals surface area contributed by atoms with E-state index in [4.69, 9.17) is 20.2 Å². The maximum Gasteiger partial charge on any atom is 0.340 e. The van der Waals surface area contributed by atoms with E-state index in [2.05, 4.69) is 42.3 Å². The minimum absolute atomic E-state index is 0.00404. The van der Waals surface area contributed by atoms with Gasteiger partial charge in [0.1, 0.15) is 17.7 Å². The quantitative estimate of drug-likeness (QED) is 0.313. The lowest BCUT2D eigenvalue weighted by atomic mass is 9.79. The molecule has 0 radical (unpaired) electrons. The van der Waals surface area contributed by atoms with E-state index in [-0.39, 0.29) is 18.2 Å². The van der Waals surface area contributed by atoms with Crippen LogP contribution >= 0.6 is 11.8 Å². The maximum absolute atomic E-state index is 12.4. The maximum atomic E-state index is 12.4. The first-order chi connectivity index (χ1) is 17.9. The van der Waals surface area contributed by atoms with Gasteiger partial charge in [0.05, 0.1) is 22.7 Å². The number of aromatic nitrogens is 3. The molecular formula is C29H39N5O3S. The number of hydrogen-bond acceptors (Lipinski definition) is 9. The molecule has 0 amide bonds. The normalized spacial score (nSPS) is 19.7. The summed E-state index contributed by atoms with van der Waals surface area (Å²) in [5.41, 5.74) is 7.82. The third-order valence-electron chi connectivity index (χ3n) is 7.75. The molecule has 4 heterocycles. The summed E-state index contributed by atoms with van der Waals surface area (Å²) < 4.78 is 11.8. The van der Waals surface area contributed by atoms with Crippen molar-refractivity contribution in [1.29, 1.82) is 0 Å². The largest absolute Gasteiger partial charge is 0.474 e. The van der Waals surface area contributed by atoms with Crippen molar-refractivity contribution in [2.45, 2.75) is 89.7 Å². The van der Waals surface area contributed by atoms with Gasteiger partial charge in [0.25, 0.3) is 0 Å². The Morgan fingerprint density at radius 1 is 1.21 bits per heavy atom. The lowest BCUT2D eigenvalue weighted by Crippen LogP contribution is -2.42. The Bertz CT molecular complexity index is 1340. The summed E-state index contributed by atoms with van der Waals surface area (Å²) in [4.78, 5) is 26.6. The summed E-state index contributed by atoms with van der Waals surface area (Å²) in [5, 5.41) is 5.56. The number of esters is 1. The average Bonchev–Trinajstić information content (AvgIpc) is 2.87. The van der Waals surface area contributed by atoms with E-state index in [1.54, 1.807) is 18.3 Å². The van der Waals surface area contributed by atoms with Gasteiger partial charge in [0, 0.05) is 28.6 Å². The first kappa shape index (κ1) is 28.1. The molecule has 0 aliphatic carbocycles. The third kappa shape index (κ3) is 5.45. The number of nitrogens with zero attached hydrogens (tertiary/aromatic N) is 3. The predicted molar refractivity (Wildman–Crippen MR) is 154 cm³/mol. The summed E-state index contributed by atoms with van der Waals surface area (Å²) in [6.45, 7) is 14.3. The third-order valence-corrected chi connectivity index (χ3v) is 8.74. The number of fused-ring (bicyclic) bond motifs is 2. The van der Waals surface area contributed by atoms with Gasteiger partial charge >= 0.3 is 5.97 Å². The molecule has 0 saturated heterocycles. The number of carbonyl (C=O) groups is 1. The second-order valence-electron chi connectivity index (χ2n) is 11.1. The van der Waals surface area contributed by atoms with E-state index >= 15 is 0 Å². The Balaban J connectivity index is 1.73. The number of nitrogens with two attached hydrogens (primary N) is 1. The second-order valence-corrected chi connectivity index (χ2v) is 12.3. The molecule has 3 aromatic rings. The summed E-state index contributed by atoms with van der Waals surface area (Å²) >= 11 is 1.82. The molecule has 0 bridgehead atoms. The van der Waals surface area contributed by atoms with Gasteiger partial charge in [-0.15, -0.1) is 0 Å². The van der Waals surface area contributed by atoms with E-state index < -0.39 is 11.0 Å². The number of hydrogen-bond donors (Lipinski definition) is 2. The lowest BCUT2D eigenvalue weighted by Gasteiger charge is -2.36. The number of pyridine rings is 3. The first-order valence-corrected chi connectivity index (χ1v) is 14.4. The molecule has 3 N–H and O–H groups in total. The Morgan fingerprint density at radius 3 is 2.63 bits per heavy atom. The molecule has 2 unspecified atom stereocenters. The Hall–Kier alpha value is -2.91. The number of carbonyl (C=O) groups excluding carboxylic acids is 1. The minimum Gasteiger partial charge on any atom is -0.474 e. The fourth-order valence-electron chi connectivity index (χ4n) is 4.60. The Morgan fingerprint density at radius 2 is 1.95 bits per heavy atom. The smallest absolute Gasteiger partial charge is 0.340 e. The van der Waals surface area contributed by atoms with Crippen LogP contribution in [0.1, 0.15) is 82.9 Å². The highest BCUT2D eigenvalue weighted by molar-refractivity contribution is 7.99. The zero-order valence-corrected chi connectivity index (χ0v) is 24.4. The van der Waals surface area contributed by atoms with Gasteiger partial charge in [-0.3, -0.25) is 0 Å². The van der Waals surface area contributed by atoms with E-state index in [1.165, 1.54) is 0 Å². The van der Waals surface area contributed by atoms with Crippen molar-refractivity contribution in [3.05, 3.63) is 47.4 Å². The van der Waals surface area contributed by atoms with Crippen LogP contribution in [0, 0.1) is 0 Å². The number of ether oxygens (including phenoxy) is 2. The standard InChI is InChI=1S/C29H39N5O3S/c1-9-29(7,30)22-15-32-26(36-16(2)12-17(3)38-8)21-14-31-24(13-20(21)22)33-23-11-10-19-25(34-23)28(5,6)18(4)37-27(19)35/h10-11,13-18H,9,12,30H2,1-8H3,(H,31,33,34)/t16-,17?,18?,29-/m1/s1. The molecule has 4 atom stereocenters. The minimum atomic E-state index is -0.577. The summed E-state index contributed by atoms with van der Waals surface area (Å²) in [6.07, 6.45) is 7.08. The monoisotopic (exact) mass is 537 g/mol. The second kappa shape index (κ2) is 10.7. The molecule has 0 spiro atoms. The van der Waals surface area contributed by atoms with Crippen LogP contribution in [0.2, 0.25) is 0 Å². The highest BCUT2D eigenvalue weighted by Gasteiger charge is 2.41. The number of anilines is 2. The fourth-order valence-corrected chi connectivity index (χ4v) is 5.06. The first-order valence-electron chi connectivity index (χ1n) is 13.1.